The largest absolute Gasteiger partial charge is 0.318 e. The summed E-state index contributed by atoms with van der Waals surface area (Å²) in [6.45, 7) is 4.93. The van der Waals surface area contributed by atoms with Gasteiger partial charge in [0.15, 0.2) is 0 Å². The number of halogens is 2. The van der Waals surface area contributed by atoms with E-state index < -0.39 is 21.7 Å². The van der Waals surface area contributed by atoms with Crippen LogP contribution < -0.4 is 10.3 Å². The zero-order chi connectivity index (χ0) is 21.3. The Bertz CT molecular complexity index is 1190. The highest BCUT2D eigenvalue weighted by Gasteiger charge is 2.21. The normalized spacial score (nSPS) is 11.5. The van der Waals surface area contributed by atoms with Crippen molar-refractivity contribution in [3.05, 3.63) is 82.7 Å². The van der Waals surface area contributed by atoms with Crippen LogP contribution in [0.15, 0.2) is 53.4 Å². The van der Waals surface area contributed by atoms with E-state index in [2.05, 4.69) is 5.43 Å². The molecule has 0 atom stereocenters. The number of aromatic nitrogens is 1. The van der Waals surface area contributed by atoms with Crippen LogP contribution in [0.1, 0.15) is 27.3 Å². The molecule has 0 radical (unpaired) electrons. The summed E-state index contributed by atoms with van der Waals surface area (Å²) in [5, 5.41) is 0. The van der Waals surface area contributed by atoms with E-state index in [1.807, 2.05) is 4.83 Å². The third-order valence-corrected chi connectivity index (χ3v) is 5.89. The quantitative estimate of drug-likeness (QED) is 0.623. The molecule has 0 fully saturated rings. The molecule has 0 unspecified atom stereocenters. The molecule has 152 valence electrons. The van der Waals surface area contributed by atoms with Crippen molar-refractivity contribution in [2.75, 3.05) is 0 Å². The molecular formula is C20H19F2N3O3S. The number of hydrazine groups is 1. The van der Waals surface area contributed by atoms with Crippen LogP contribution in [0.5, 0.6) is 0 Å². The van der Waals surface area contributed by atoms with E-state index in [1.54, 1.807) is 36.6 Å². The Morgan fingerprint density at radius 1 is 0.931 bits per heavy atom. The first-order valence-electron chi connectivity index (χ1n) is 8.63. The van der Waals surface area contributed by atoms with E-state index in [4.69, 9.17) is 0 Å². The lowest BCUT2D eigenvalue weighted by molar-refractivity contribution is 0.0944. The summed E-state index contributed by atoms with van der Waals surface area (Å²) < 4.78 is 53.0. The van der Waals surface area contributed by atoms with Crippen molar-refractivity contribution in [1.82, 2.24) is 14.8 Å². The second-order valence-corrected chi connectivity index (χ2v) is 8.22. The van der Waals surface area contributed by atoms with Crippen LogP contribution in [-0.4, -0.2) is 18.9 Å². The van der Waals surface area contributed by atoms with Crippen molar-refractivity contribution in [2.24, 2.45) is 0 Å². The Balaban J connectivity index is 1.83. The van der Waals surface area contributed by atoms with Gasteiger partial charge >= 0.3 is 0 Å². The molecule has 0 aliphatic rings. The van der Waals surface area contributed by atoms with Crippen molar-refractivity contribution < 1.29 is 22.0 Å². The number of benzene rings is 2. The van der Waals surface area contributed by atoms with E-state index in [0.717, 1.165) is 23.9 Å². The maximum absolute atomic E-state index is 13.2. The van der Waals surface area contributed by atoms with Gasteiger partial charge in [-0.3, -0.25) is 10.2 Å². The smallest absolute Gasteiger partial charge is 0.268 e. The molecule has 1 heterocycles. The molecular weight excluding hydrogens is 400 g/mol. The summed E-state index contributed by atoms with van der Waals surface area (Å²) in [5.41, 5.74) is 4.59. The molecule has 0 aliphatic carbocycles. The minimum absolute atomic E-state index is 0.143. The fourth-order valence-electron chi connectivity index (χ4n) is 3.13. The molecule has 3 rings (SSSR count). The Hall–Kier alpha value is -3.04. The predicted octanol–water partition coefficient (Wildman–Crippen LogP) is 3.30. The van der Waals surface area contributed by atoms with Crippen LogP contribution in [0.4, 0.5) is 8.78 Å². The highest BCUT2D eigenvalue weighted by Crippen LogP contribution is 2.21. The van der Waals surface area contributed by atoms with Crippen molar-refractivity contribution in [2.45, 2.75) is 25.7 Å². The number of nitrogens with one attached hydrogen (secondary N) is 2. The molecule has 2 N–H and O–H groups in total. The molecule has 0 saturated carbocycles. The standard InChI is InChI=1S/C20H19F2N3O3S/c1-12-10-16(22)6-9-19(12)29(27,28)24-23-20(26)18-11-13(2)25(14(18)3)17-7-4-15(21)5-8-17/h4-11,24H,1-3H3,(H,23,26). The second-order valence-electron chi connectivity index (χ2n) is 6.57. The van der Waals surface area contributed by atoms with E-state index in [1.165, 1.54) is 19.1 Å². The predicted molar refractivity (Wildman–Crippen MR) is 104 cm³/mol. The van der Waals surface area contributed by atoms with Crippen LogP contribution in [0, 0.1) is 32.4 Å². The average molecular weight is 419 g/mol. The molecule has 0 spiro atoms. The molecule has 0 aliphatic heterocycles. The van der Waals surface area contributed by atoms with Crippen LogP contribution in [0.2, 0.25) is 0 Å². The van der Waals surface area contributed by atoms with Crippen molar-refractivity contribution in [1.29, 1.82) is 0 Å². The number of hydrogen-bond donors (Lipinski definition) is 2. The highest BCUT2D eigenvalue weighted by molar-refractivity contribution is 7.89. The van der Waals surface area contributed by atoms with E-state index in [-0.39, 0.29) is 21.8 Å². The summed E-state index contributed by atoms with van der Waals surface area (Å²) in [4.78, 5) is 14.4. The van der Waals surface area contributed by atoms with Gasteiger partial charge in [-0.25, -0.2) is 17.2 Å². The van der Waals surface area contributed by atoms with Crippen molar-refractivity contribution >= 4 is 15.9 Å². The number of nitrogens with zero attached hydrogens (tertiary/aromatic N) is 1. The maximum atomic E-state index is 13.2. The van der Waals surface area contributed by atoms with Crippen molar-refractivity contribution in [3.8, 4) is 5.69 Å². The number of carbonyl (C=O) groups excluding carboxylic acids is 1. The molecule has 6 nitrogen and oxygen atoms in total. The van der Waals surface area contributed by atoms with Crippen LogP contribution in [0.3, 0.4) is 0 Å². The van der Waals surface area contributed by atoms with Gasteiger partial charge in [0.2, 0.25) is 0 Å². The number of carbonyl (C=O) groups is 1. The Labute approximate surface area is 167 Å². The SMILES string of the molecule is Cc1cc(F)ccc1S(=O)(=O)NNC(=O)c1cc(C)n(-c2ccc(F)cc2)c1C. The fourth-order valence-corrected chi connectivity index (χ4v) is 4.20. The Kier molecular flexibility index (Phi) is 5.54. The summed E-state index contributed by atoms with van der Waals surface area (Å²) in [7, 11) is -4.08. The van der Waals surface area contributed by atoms with Crippen LogP contribution >= 0.6 is 0 Å². The van der Waals surface area contributed by atoms with Gasteiger partial charge < -0.3 is 4.57 Å². The zero-order valence-electron chi connectivity index (χ0n) is 16.0. The zero-order valence-corrected chi connectivity index (χ0v) is 16.8. The third-order valence-electron chi connectivity index (χ3n) is 4.49. The van der Waals surface area contributed by atoms with Crippen LogP contribution in [-0.2, 0) is 10.0 Å². The van der Waals surface area contributed by atoms with E-state index in [0.29, 0.717) is 11.4 Å². The Morgan fingerprint density at radius 3 is 2.17 bits per heavy atom. The minimum atomic E-state index is -4.08. The summed E-state index contributed by atoms with van der Waals surface area (Å²) >= 11 is 0. The molecule has 2 aromatic carbocycles. The van der Waals surface area contributed by atoms with Crippen LogP contribution in [0.25, 0.3) is 5.69 Å². The number of hydrogen-bond acceptors (Lipinski definition) is 3. The van der Waals surface area contributed by atoms with Crippen molar-refractivity contribution in [3.63, 3.8) is 0 Å². The lowest BCUT2D eigenvalue weighted by Gasteiger charge is -2.11. The average Bonchev–Trinajstić information content (AvgIpc) is 2.95. The van der Waals surface area contributed by atoms with Gasteiger partial charge in [-0.1, -0.05) is 0 Å². The molecule has 9 heteroatoms. The topological polar surface area (TPSA) is 80.2 Å². The first-order valence-corrected chi connectivity index (χ1v) is 10.1. The number of aryl methyl sites for hydroxylation is 2. The van der Waals surface area contributed by atoms with Gasteiger partial charge in [-0.2, -0.15) is 0 Å². The molecule has 0 bridgehead atoms. The summed E-state index contributed by atoms with van der Waals surface area (Å²) in [6.07, 6.45) is 0. The van der Waals surface area contributed by atoms with Gasteiger partial charge in [0, 0.05) is 17.1 Å². The van der Waals surface area contributed by atoms with Gasteiger partial charge in [0.05, 0.1) is 10.5 Å². The minimum Gasteiger partial charge on any atom is -0.318 e. The van der Waals surface area contributed by atoms with Gasteiger partial charge in [0.1, 0.15) is 11.6 Å². The van der Waals surface area contributed by atoms with E-state index >= 15 is 0 Å². The van der Waals surface area contributed by atoms with Gasteiger partial charge in [0.25, 0.3) is 15.9 Å². The molecule has 1 amide bonds. The third kappa shape index (κ3) is 4.20. The summed E-state index contributed by atoms with van der Waals surface area (Å²) in [5.74, 6) is -1.59. The first-order chi connectivity index (χ1) is 13.6. The number of rotatable bonds is 5. The highest BCUT2D eigenvalue weighted by atomic mass is 32.2. The van der Waals surface area contributed by atoms with E-state index in [9.17, 15) is 22.0 Å². The summed E-state index contributed by atoms with van der Waals surface area (Å²) in [6, 6.07) is 10.6. The second kappa shape index (κ2) is 7.76. The first kappa shape index (κ1) is 20.7. The lowest BCUT2D eigenvalue weighted by Crippen LogP contribution is -2.41. The monoisotopic (exact) mass is 419 g/mol. The fraction of sp³-hybridized carbons (Fsp3) is 0.150. The molecule has 3 aromatic rings. The number of sulfonamides is 1. The maximum Gasteiger partial charge on any atom is 0.268 e. The van der Waals surface area contributed by atoms with Gasteiger partial charge in [-0.05, 0) is 74.9 Å². The van der Waals surface area contributed by atoms with Gasteiger partial charge in [-0.15, -0.1) is 4.83 Å². The lowest BCUT2D eigenvalue weighted by atomic mass is 10.2. The molecule has 29 heavy (non-hydrogen) atoms. The number of amides is 1. The molecule has 1 aromatic heterocycles. The molecule has 0 saturated heterocycles. The Morgan fingerprint density at radius 2 is 1.55 bits per heavy atom.